The van der Waals surface area contributed by atoms with Gasteiger partial charge in [0, 0.05) is 25.1 Å². The molecule has 0 saturated carbocycles. The molecule has 198 valence electrons. The second-order valence-corrected chi connectivity index (χ2v) is 9.94. The molecule has 0 radical (unpaired) electrons. The SMILES string of the molecule is CNC(=O)CCc1ccc(C(CSC)OC(=O)CNC(=O)OCC2c3ccccc3-c3ccccc32)cc1. The van der Waals surface area contributed by atoms with Gasteiger partial charge in [-0.05, 0) is 46.1 Å². The van der Waals surface area contributed by atoms with E-state index in [1.54, 1.807) is 18.8 Å². The van der Waals surface area contributed by atoms with Crippen LogP contribution < -0.4 is 10.6 Å². The van der Waals surface area contributed by atoms with Crippen LogP contribution in [0.4, 0.5) is 4.79 Å². The highest BCUT2D eigenvalue weighted by Crippen LogP contribution is 2.44. The van der Waals surface area contributed by atoms with Crippen LogP contribution in [0.25, 0.3) is 11.1 Å². The maximum absolute atomic E-state index is 12.5. The van der Waals surface area contributed by atoms with Crippen LogP contribution in [0.5, 0.6) is 0 Å². The number of thioether (sulfide) groups is 1. The van der Waals surface area contributed by atoms with Crippen molar-refractivity contribution in [1.82, 2.24) is 10.6 Å². The monoisotopic (exact) mass is 532 g/mol. The van der Waals surface area contributed by atoms with Gasteiger partial charge in [0.25, 0.3) is 0 Å². The first-order chi connectivity index (χ1) is 18.5. The molecule has 4 rings (SSSR count). The zero-order chi connectivity index (χ0) is 26.9. The van der Waals surface area contributed by atoms with Gasteiger partial charge in [0.2, 0.25) is 5.91 Å². The third kappa shape index (κ3) is 6.75. The number of hydrogen-bond acceptors (Lipinski definition) is 6. The van der Waals surface area contributed by atoms with Crippen LogP contribution in [-0.4, -0.2) is 50.2 Å². The largest absolute Gasteiger partial charge is 0.455 e. The average Bonchev–Trinajstić information content (AvgIpc) is 3.27. The molecule has 0 fully saturated rings. The zero-order valence-corrected chi connectivity index (χ0v) is 22.4. The van der Waals surface area contributed by atoms with Crippen LogP contribution in [0.2, 0.25) is 0 Å². The van der Waals surface area contributed by atoms with E-state index in [9.17, 15) is 14.4 Å². The predicted octanol–water partition coefficient (Wildman–Crippen LogP) is 4.85. The number of benzene rings is 3. The van der Waals surface area contributed by atoms with Crippen LogP contribution in [0.15, 0.2) is 72.8 Å². The second kappa shape index (κ2) is 13.1. The van der Waals surface area contributed by atoms with Crippen LogP contribution in [0, 0.1) is 0 Å². The lowest BCUT2D eigenvalue weighted by Gasteiger charge is -2.18. The Hall–Kier alpha value is -3.78. The number of carbonyl (C=O) groups is 3. The quantitative estimate of drug-likeness (QED) is 0.343. The molecule has 0 bridgehead atoms. The summed E-state index contributed by atoms with van der Waals surface area (Å²) in [7, 11) is 1.62. The summed E-state index contributed by atoms with van der Waals surface area (Å²) in [6, 6.07) is 23.9. The lowest BCUT2D eigenvalue weighted by molar-refractivity contribution is -0.147. The normalized spacial score (nSPS) is 12.7. The third-order valence-corrected chi connectivity index (χ3v) is 7.22. The predicted molar refractivity (Wildman–Crippen MR) is 149 cm³/mol. The van der Waals surface area contributed by atoms with E-state index in [4.69, 9.17) is 9.47 Å². The Morgan fingerprint density at radius 3 is 2.16 bits per heavy atom. The Morgan fingerprint density at radius 1 is 0.921 bits per heavy atom. The van der Waals surface area contributed by atoms with Crippen molar-refractivity contribution in [2.75, 3.05) is 32.2 Å². The molecule has 3 aromatic rings. The Kier molecular flexibility index (Phi) is 9.43. The number of fused-ring (bicyclic) bond motifs is 3. The van der Waals surface area contributed by atoms with Gasteiger partial charge in [0.15, 0.2) is 0 Å². The number of alkyl carbamates (subject to hydrolysis) is 1. The Balaban J connectivity index is 1.27. The molecule has 38 heavy (non-hydrogen) atoms. The Morgan fingerprint density at radius 2 is 1.55 bits per heavy atom. The molecule has 0 heterocycles. The van der Waals surface area contributed by atoms with Crippen molar-refractivity contribution in [3.63, 3.8) is 0 Å². The summed E-state index contributed by atoms with van der Waals surface area (Å²) < 4.78 is 11.2. The molecule has 0 spiro atoms. The van der Waals surface area contributed by atoms with Gasteiger partial charge in [0.1, 0.15) is 19.3 Å². The summed E-state index contributed by atoms with van der Waals surface area (Å²) in [6.07, 6.45) is 1.88. The first kappa shape index (κ1) is 27.3. The molecule has 1 aliphatic carbocycles. The van der Waals surface area contributed by atoms with Gasteiger partial charge in [-0.15, -0.1) is 0 Å². The zero-order valence-electron chi connectivity index (χ0n) is 21.6. The van der Waals surface area contributed by atoms with E-state index >= 15 is 0 Å². The molecule has 1 aliphatic rings. The highest BCUT2D eigenvalue weighted by molar-refractivity contribution is 7.98. The van der Waals surface area contributed by atoms with Crippen molar-refractivity contribution in [2.45, 2.75) is 24.9 Å². The van der Waals surface area contributed by atoms with Gasteiger partial charge in [-0.3, -0.25) is 9.59 Å². The number of esters is 1. The third-order valence-electron chi connectivity index (χ3n) is 6.58. The van der Waals surface area contributed by atoms with E-state index in [2.05, 4.69) is 34.9 Å². The highest BCUT2D eigenvalue weighted by atomic mass is 32.2. The van der Waals surface area contributed by atoms with Gasteiger partial charge < -0.3 is 20.1 Å². The van der Waals surface area contributed by atoms with Gasteiger partial charge in [0.05, 0.1) is 0 Å². The van der Waals surface area contributed by atoms with Crippen LogP contribution >= 0.6 is 11.8 Å². The molecule has 8 heteroatoms. The maximum atomic E-state index is 12.5. The molecule has 1 atom stereocenters. The molecule has 7 nitrogen and oxygen atoms in total. The first-order valence-corrected chi connectivity index (χ1v) is 14.0. The number of ether oxygens (including phenoxy) is 2. The van der Waals surface area contributed by atoms with Crippen molar-refractivity contribution in [1.29, 1.82) is 0 Å². The number of hydrogen-bond donors (Lipinski definition) is 2. The molecule has 0 saturated heterocycles. The van der Waals surface area contributed by atoms with E-state index < -0.39 is 18.2 Å². The van der Waals surface area contributed by atoms with E-state index in [0.29, 0.717) is 18.6 Å². The number of nitrogens with one attached hydrogen (secondary N) is 2. The summed E-state index contributed by atoms with van der Waals surface area (Å²) in [6.45, 7) is -0.109. The van der Waals surface area contributed by atoms with Crippen LogP contribution in [0.1, 0.15) is 40.7 Å². The summed E-state index contributed by atoms with van der Waals surface area (Å²) >= 11 is 1.56. The summed E-state index contributed by atoms with van der Waals surface area (Å²) in [5.41, 5.74) is 6.45. The van der Waals surface area contributed by atoms with Crippen molar-refractivity contribution < 1.29 is 23.9 Å². The van der Waals surface area contributed by atoms with Gasteiger partial charge in [-0.2, -0.15) is 11.8 Å². The first-order valence-electron chi connectivity index (χ1n) is 12.6. The van der Waals surface area contributed by atoms with Crippen LogP contribution in [-0.2, 0) is 25.5 Å². The molecule has 0 aromatic heterocycles. The maximum Gasteiger partial charge on any atom is 0.407 e. The minimum absolute atomic E-state index is 0.00725. The molecule has 1 unspecified atom stereocenters. The van der Waals surface area contributed by atoms with Gasteiger partial charge >= 0.3 is 12.1 Å². The number of carbonyl (C=O) groups excluding carboxylic acids is 3. The lowest BCUT2D eigenvalue weighted by atomic mass is 9.98. The molecule has 2 amide bonds. The fourth-order valence-corrected chi connectivity index (χ4v) is 5.19. The van der Waals surface area contributed by atoms with Crippen LogP contribution in [0.3, 0.4) is 0 Å². The molecule has 0 aliphatic heterocycles. The van der Waals surface area contributed by atoms with Crippen molar-refractivity contribution >= 4 is 29.7 Å². The van der Waals surface area contributed by atoms with E-state index in [-0.39, 0.29) is 25.0 Å². The summed E-state index contributed by atoms with van der Waals surface area (Å²) in [5.74, 6) is -0.0207. The van der Waals surface area contributed by atoms with Crippen molar-refractivity contribution in [3.8, 4) is 11.1 Å². The molecular weight excluding hydrogens is 500 g/mol. The highest BCUT2D eigenvalue weighted by Gasteiger charge is 2.29. The van der Waals surface area contributed by atoms with Gasteiger partial charge in [-0.1, -0.05) is 72.8 Å². The topological polar surface area (TPSA) is 93.7 Å². The van der Waals surface area contributed by atoms with E-state index in [0.717, 1.165) is 33.4 Å². The number of amides is 2. The van der Waals surface area contributed by atoms with E-state index in [1.807, 2.05) is 54.8 Å². The summed E-state index contributed by atoms with van der Waals surface area (Å²) in [5, 5.41) is 5.13. The number of aryl methyl sites for hydroxylation is 1. The van der Waals surface area contributed by atoms with E-state index in [1.165, 1.54) is 0 Å². The minimum atomic E-state index is -0.661. The average molecular weight is 533 g/mol. The fraction of sp³-hybridized carbons (Fsp3) is 0.300. The second-order valence-electron chi connectivity index (χ2n) is 9.03. The fourth-order valence-electron chi connectivity index (χ4n) is 4.63. The Bertz CT molecular complexity index is 1230. The van der Waals surface area contributed by atoms with Gasteiger partial charge in [-0.25, -0.2) is 4.79 Å². The Labute approximate surface area is 227 Å². The van der Waals surface area contributed by atoms with Crippen molar-refractivity contribution in [2.24, 2.45) is 0 Å². The molecule has 3 aromatic carbocycles. The molecule has 2 N–H and O–H groups in total. The lowest BCUT2D eigenvalue weighted by Crippen LogP contribution is -2.32. The van der Waals surface area contributed by atoms with Crippen molar-refractivity contribution in [3.05, 3.63) is 95.1 Å². The smallest absolute Gasteiger partial charge is 0.407 e. The molecular formula is C30H32N2O5S. The summed E-state index contributed by atoms with van der Waals surface area (Å²) in [4.78, 5) is 36.4. The minimum Gasteiger partial charge on any atom is -0.455 e. The number of rotatable bonds is 11. The standard InChI is InChI=1S/C30H32N2O5S/c1-31-28(33)16-13-20-11-14-21(15-12-20)27(19-38-2)37-29(34)17-32-30(35)36-18-26-24-9-5-3-7-22(24)23-8-4-6-10-25(23)26/h3-12,14-15,26-27H,13,16-19H2,1-2H3,(H,31,33)(H,32,35).